The Morgan fingerprint density at radius 3 is 2.26 bits per heavy atom. The lowest BCUT2D eigenvalue weighted by Gasteiger charge is -2.36. The van der Waals surface area contributed by atoms with Crippen LogP contribution >= 0.6 is 0 Å². The van der Waals surface area contributed by atoms with Gasteiger partial charge in [0.2, 0.25) is 17.7 Å². The number of phenolic OH excluding ortho intramolecular Hbond substituents is 1. The first kappa shape index (κ1) is 27.9. The van der Waals surface area contributed by atoms with Crippen molar-refractivity contribution in [1.82, 2.24) is 15.5 Å². The number of amides is 4. The Balaban J connectivity index is 2.46. The van der Waals surface area contributed by atoms with E-state index in [1.807, 2.05) is 20.8 Å². The molecule has 5 N–H and O–H groups in total. The van der Waals surface area contributed by atoms with Crippen LogP contribution in [-0.2, 0) is 19.1 Å². The molecule has 0 saturated heterocycles. The van der Waals surface area contributed by atoms with Gasteiger partial charge < -0.3 is 31.1 Å². The third kappa shape index (κ3) is 9.11. The second kappa shape index (κ2) is 11.0. The predicted molar refractivity (Wildman–Crippen MR) is 130 cm³/mol. The number of nitrogens with two attached hydrogens (primary N) is 1. The number of benzene rings is 1. The van der Waals surface area contributed by atoms with Crippen molar-refractivity contribution in [3.05, 3.63) is 29.8 Å². The Labute approximate surface area is 206 Å². The average Bonchev–Trinajstić information content (AvgIpc) is 3.50. The number of primary amides is 1. The maximum atomic E-state index is 13.9. The van der Waals surface area contributed by atoms with Gasteiger partial charge in [-0.1, -0.05) is 12.1 Å². The molecule has 2 unspecified atom stereocenters. The molecule has 0 aromatic heterocycles. The minimum absolute atomic E-state index is 0.0450. The fourth-order valence-electron chi connectivity index (χ4n) is 3.62. The zero-order chi connectivity index (χ0) is 26.6. The average molecular weight is 491 g/mol. The van der Waals surface area contributed by atoms with Crippen LogP contribution in [0.25, 0.3) is 0 Å². The molecule has 2 atom stereocenters. The fourth-order valence-corrected chi connectivity index (χ4v) is 3.62. The van der Waals surface area contributed by atoms with Crippen molar-refractivity contribution >= 4 is 23.8 Å². The van der Waals surface area contributed by atoms with E-state index in [1.165, 1.54) is 17.0 Å². The van der Waals surface area contributed by atoms with Crippen LogP contribution in [0.2, 0.25) is 0 Å². The highest BCUT2D eigenvalue weighted by molar-refractivity contribution is 5.93. The van der Waals surface area contributed by atoms with E-state index in [0.29, 0.717) is 18.4 Å². The molecule has 2 rings (SSSR count). The van der Waals surface area contributed by atoms with Gasteiger partial charge in [-0.25, -0.2) is 4.79 Å². The highest BCUT2D eigenvalue weighted by Gasteiger charge is 2.44. The third-order valence-corrected chi connectivity index (χ3v) is 5.07. The van der Waals surface area contributed by atoms with Crippen molar-refractivity contribution in [2.45, 2.75) is 96.5 Å². The number of nitrogens with one attached hydrogen (secondary N) is 2. The number of rotatable bonds is 9. The molecule has 4 amide bonds. The van der Waals surface area contributed by atoms with Crippen molar-refractivity contribution in [3.63, 3.8) is 0 Å². The Bertz CT molecular complexity index is 946. The lowest BCUT2D eigenvalue weighted by molar-refractivity contribution is -0.144. The zero-order valence-corrected chi connectivity index (χ0v) is 21.4. The highest BCUT2D eigenvalue weighted by atomic mass is 16.6. The number of nitrogens with zero attached hydrogens (tertiary/aromatic N) is 1. The van der Waals surface area contributed by atoms with Gasteiger partial charge in [0.1, 0.15) is 23.4 Å². The van der Waals surface area contributed by atoms with Crippen molar-refractivity contribution in [1.29, 1.82) is 0 Å². The third-order valence-electron chi connectivity index (χ3n) is 5.07. The van der Waals surface area contributed by atoms with Crippen molar-refractivity contribution in [3.8, 4) is 5.75 Å². The lowest BCUT2D eigenvalue weighted by atomic mass is 9.99. The van der Waals surface area contributed by atoms with E-state index in [4.69, 9.17) is 10.5 Å². The molecule has 0 radical (unpaired) electrons. The van der Waals surface area contributed by atoms with E-state index in [9.17, 15) is 24.3 Å². The number of alkyl carbamates (subject to hydrolysis) is 1. The highest BCUT2D eigenvalue weighted by Crippen LogP contribution is 2.37. The molecule has 1 aliphatic rings. The van der Waals surface area contributed by atoms with Crippen LogP contribution < -0.4 is 16.4 Å². The molecule has 1 saturated carbocycles. The number of aromatic hydroxyl groups is 1. The fraction of sp³-hybridized carbons (Fsp3) is 0.600. The first-order chi connectivity index (χ1) is 16.1. The van der Waals surface area contributed by atoms with E-state index in [1.54, 1.807) is 32.9 Å². The van der Waals surface area contributed by atoms with Gasteiger partial charge in [0.15, 0.2) is 0 Å². The second-order valence-corrected chi connectivity index (χ2v) is 10.9. The standard InChI is InChI=1S/C25H38N4O6/c1-24(2,3)28-21(32)20(15-8-7-9-17(30)14-15)29(16-10-11-16)22(33)18(12-13-19(26)31)27-23(34)35-25(4,5)6/h7-9,14,16,18,20,30H,10-13H2,1-6H3,(H2,26,31)(H,27,34)(H,28,32). The molecule has 0 bridgehead atoms. The van der Waals surface area contributed by atoms with Crippen molar-refractivity contribution < 1.29 is 29.0 Å². The quantitative estimate of drug-likeness (QED) is 0.417. The molecule has 0 aliphatic heterocycles. The number of carbonyl (C=O) groups is 4. The normalized spacial score (nSPS) is 15.5. The molecule has 0 spiro atoms. The first-order valence-corrected chi connectivity index (χ1v) is 11.8. The van der Waals surface area contributed by atoms with Gasteiger partial charge in [-0.05, 0) is 78.5 Å². The molecule has 10 nitrogen and oxygen atoms in total. The molecule has 194 valence electrons. The van der Waals surface area contributed by atoms with Crippen LogP contribution in [-0.4, -0.2) is 57.0 Å². The van der Waals surface area contributed by atoms with Crippen LogP contribution in [0.5, 0.6) is 5.75 Å². The monoisotopic (exact) mass is 490 g/mol. The second-order valence-electron chi connectivity index (χ2n) is 10.9. The van der Waals surface area contributed by atoms with E-state index < -0.39 is 47.0 Å². The smallest absolute Gasteiger partial charge is 0.408 e. The molecule has 1 aromatic rings. The summed E-state index contributed by atoms with van der Waals surface area (Å²) in [7, 11) is 0. The number of hydrogen-bond donors (Lipinski definition) is 4. The summed E-state index contributed by atoms with van der Waals surface area (Å²) >= 11 is 0. The SMILES string of the molecule is CC(C)(C)NC(=O)C(c1cccc(O)c1)N(C(=O)C(CCC(N)=O)NC(=O)OC(C)(C)C)C1CC1. The molecular weight excluding hydrogens is 452 g/mol. The van der Waals surface area contributed by atoms with Crippen LogP contribution in [0.3, 0.4) is 0 Å². The zero-order valence-electron chi connectivity index (χ0n) is 21.4. The summed E-state index contributed by atoms with van der Waals surface area (Å²) in [5, 5.41) is 15.5. The summed E-state index contributed by atoms with van der Waals surface area (Å²) in [6.45, 7) is 10.6. The summed E-state index contributed by atoms with van der Waals surface area (Å²) < 4.78 is 5.31. The van der Waals surface area contributed by atoms with Crippen LogP contribution in [0.15, 0.2) is 24.3 Å². The summed E-state index contributed by atoms with van der Waals surface area (Å²) in [5.41, 5.74) is 4.36. The van der Waals surface area contributed by atoms with Gasteiger partial charge in [-0.15, -0.1) is 0 Å². The van der Waals surface area contributed by atoms with Gasteiger partial charge in [0.05, 0.1) is 0 Å². The van der Waals surface area contributed by atoms with Crippen LogP contribution in [0.1, 0.15) is 78.8 Å². The maximum absolute atomic E-state index is 13.9. The Hall–Kier alpha value is -3.30. The maximum Gasteiger partial charge on any atom is 0.408 e. The van der Waals surface area contributed by atoms with Crippen molar-refractivity contribution in [2.75, 3.05) is 0 Å². The summed E-state index contributed by atoms with van der Waals surface area (Å²) in [4.78, 5) is 52.8. The lowest BCUT2D eigenvalue weighted by Crippen LogP contribution is -2.55. The molecule has 35 heavy (non-hydrogen) atoms. The molecular formula is C25H38N4O6. The number of phenols is 1. The molecule has 1 aromatic carbocycles. The number of ether oxygens (including phenoxy) is 1. The summed E-state index contributed by atoms with van der Waals surface area (Å²) in [5.74, 6) is -1.62. The molecule has 1 fully saturated rings. The van der Waals surface area contributed by atoms with Gasteiger partial charge in [0.25, 0.3) is 0 Å². The summed E-state index contributed by atoms with van der Waals surface area (Å²) in [6, 6.07) is 3.74. The van der Waals surface area contributed by atoms with Gasteiger partial charge in [-0.2, -0.15) is 0 Å². The predicted octanol–water partition coefficient (Wildman–Crippen LogP) is 2.50. The Kier molecular flexibility index (Phi) is 8.75. The van der Waals surface area contributed by atoms with Gasteiger partial charge >= 0.3 is 6.09 Å². The first-order valence-electron chi connectivity index (χ1n) is 11.8. The van der Waals surface area contributed by atoms with Crippen LogP contribution in [0.4, 0.5) is 4.79 Å². The molecule has 0 heterocycles. The minimum atomic E-state index is -1.14. The van der Waals surface area contributed by atoms with Gasteiger partial charge in [0, 0.05) is 18.0 Å². The largest absolute Gasteiger partial charge is 0.508 e. The topological polar surface area (TPSA) is 151 Å². The summed E-state index contributed by atoms with van der Waals surface area (Å²) in [6.07, 6.45) is 0.349. The number of hydrogen-bond acceptors (Lipinski definition) is 6. The minimum Gasteiger partial charge on any atom is -0.508 e. The Morgan fingerprint density at radius 2 is 1.77 bits per heavy atom. The van der Waals surface area contributed by atoms with E-state index in [0.717, 1.165) is 0 Å². The molecule has 1 aliphatic carbocycles. The van der Waals surface area contributed by atoms with E-state index >= 15 is 0 Å². The van der Waals surface area contributed by atoms with Gasteiger partial charge in [-0.3, -0.25) is 14.4 Å². The number of carbonyl (C=O) groups excluding carboxylic acids is 4. The van der Waals surface area contributed by atoms with Crippen molar-refractivity contribution in [2.24, 2.45) is 5.73 Å². The Morgan fingerprint density at radius 1 is 1.14 bits per heavy atom. The van der Waals surface area contributed by atoms with E-state index in [2.05, 4.69) is 10.6 Å². The molecule has 10 heteroatoms. The van der Waals surface area contributed by atoms with Crippen LogP contribution in [0, 0.1) is 0 Å². The van der Waals surface area contributed by atoms with E-state index in [-0.39, 0.29) is 24.6 Å².